The largest absolute Gasteiger partial charge is 0.394 e. The summed E-state index contributed by atoms with van der Waals surface area (Å²) in [5, 5.41) is 14.0. The van der Waals surface area contributed by atoms with Gasteiger partial charge in [0.1, 0.15) is 12.0 Å². The molecule has 1 saturated carbocycles. The number of aryl methyl sites for hydroxylation is 1. The molecule has 2 unspecified atom stereocenters. The molecule has 2 N–H and O–H groups in total. The van der Waals surface area contributed by atoms with Crippen LogP contribution in [0.1, 0.15) is 42.9 Å². The van der Waals surface area contributed by atoms with E-state index in [1.807, 2.05) is 35.2 Å². The molecule has 0 bridgehead atoms. The van der Waals surface area contributed by atoms with Crippen molar-refractivity contribution in [2.45, 2.75) is 54.6 Å². The molecule has 2 aliphatic heterocycles. The summed E-state index contributed by atoms with van der Waals surface area (Å²) in [5.41, 5.74) is 2.26. The van der Waals surface area contributed by atoms with Crippen molar-refractivity contribution in [2.24, 2.45) is 0 Å². The van der Waals surface area contributed by atoms with Gasteiger partial charge in [-0.3, -0.25) is 4.21 Å². The number of alkyl halides is 1. The number of aliphatic hydroxyl groups is 1. The van der Waals surface area contributed by atoms with Gasteiger partial charge >= 0.3 is 0 Å². The molecule has 8 heteroatoms. The number of aliphatic hydroxyl groups excluding tert-OH is 1. The molecule has 0 amide bonds. The van der Waals surface area contributed by atoms with E-state index in [0.29, 0.717) is 30.2 Å². The van der Waals surface area contributed by atoms with Gasteiger partial charge in [-0.15, -0.1) is 0 Å². The first kappa shape index (κ1) is 21.2. The maximum Gasteiger partial charge on any atom is 0.131 e. The van der Waals surface area contributed by atoms with Crippen molar-refractivity contribution in [3.05, 3.63) is 46.6 Å². The molecule has 3 aliphatic rings. The summed E-state index contributed by atoms with van der Waals surface area (Å²) in [6.45, 7) is 1.02. The molecular formula is C23H27ClFN3O2S. The fourth-order valence-electron chi connectivity index (χ4n) is 4.95. The van der Waals surface area contributed by atoms with E-state index in [1.54, 1.807) is 0 Å². The summed E-state index contributed by atoms with van der Waals surface area (Å²) in [6.07, 6.45) is 3.20. The molecular weight excluding hydrogens is 437 g/mol. The van der Waals surface area contributed by atoms with E-state index in [1.165, 1.54) is 0 Å². The van der Waals surface area contributed by atoms with Gasteiger partial charge in [0.05, 0.1) is 45.8 Å². The minimum absolute atomic E-state index is 0.0467. The van der Waals surface area contributed by atoms with Crippen molar-refractivity contribution in [1.29, 1.82) is 0 Å². The zero-order valence-electron chi connectivity index (χ0n) is 17.3. The van der Waals surface area contributed by atoms with Gasteiger partial charge in [-0.25, -0.2) is 9.37 Å². The fraction of sp³-hybridized carbons (Fsp3) is 0.522. The summed E-state index contributed by atoms with van der Waals surface area (Å²) >= 11 is 5.98. The highest BCUT2D eigenvalue weighted by atomic mass is 35.5. The molecule has 5 rings (SSSR count). The number of hydrogen-bond donors (Lipinski definition) is 2. The molecule has 3 atom stereocenters. The van der Waals surface area contributed by atoms with E-state index < -0.39 is 17.0 Å². The molecule has 1 aliphatic carbocycles. The highest BCUT2D eigenvalue weighted by molar-refractivity contribution is 7.85. The van der Waals surface area contributed by atoms with Crippen molar-refractivity contribution in [2.75, 3.05) is 35.7 Å². The fourth-order valence-corrected chi connectivity index (χ4v) is 6.43. The monoisotopic (exact) mass is 463 g/mol. The van der Waals surface area contributed by atoms with Crippen LogP contribution in [0.5, 0.6) is 0 Å². The number of aromatic nitrogens is 1. The van der Waals surface area contributed by atoms with Gasteiger partial charge in [0.25, 0.3) is 0 Å². The van der Waals surface area contributed by atoms with Crippen molar-refractivity contribution in [3.63, 3.8) is 0 Å². The zero-order chi connectivity index (χ0) is 21.6. The Kier molecular flexibility index (Phi) is 5.69. The first-order valence-corrected chi connectivity index (χ1v) is 12.6. The van der Waals surface area contributed by atoms with E-state index in [0.717, 1.165) is 46.9 Å². The number of benzene rings is 1. The van der Waals surface area contributed by atoms with Crippen LogP contribution >= 0.6 is 11.6 Å². The van der Waals surface area contributed by atoms with Gasteiger partial charge in [0.2, 0.25) is 0 Å². The maximum absolute atomic E-state index is 15.2. The molecule has 1 aromatic carbocycles. The number of hydrogen-bond acceptors (Lipinski definition) is 5. The highest BCUT2D eigenvalue weighted by Gasteiger charge is 2.39. The number of anilines is 2. The number of piperidine rings is 1. The van der Waals surface area contributed by atoms with Crippen molar-refractivity contribution in [3.8, 4) is 0 Å². The van der Waals surface area contributed by atoms with Crippen LogP contribution in [0.4, 0.5) is 15.9 Å². The Balaban J connectivity index is 1.40. The Bertz CT molecular complexity index is 994. The zero-order valence-corrected chi connectivity index (χ0v) is 18.9. The van der Waals surface area contributed by atoms with Gasteiger partial charge in [-0.2, -0.15) is 0 Å². The van der Waals surface area contributed by atoms with Crippen LogP contribution in [0.3, 0.4) is 0 Å². The van der Waals surface area contributed by atoms with E-state index in [-0.39, 0.29) is 24.6 Å². The van der Waals surface area contributed by atoms with Crippen molar-refractivity contribution < 1.29 is 13.7 Å². The van der Waals surface area contributed by atoms with Crippen LogP contribution in [0, 0.1) is 0 Å². The number of pyridine rings is 1. The molecule has 2 fully saturated rings. The molecule has 2 aromatic rings. The van der Waals surface area contributed by atoms with Gasteiger partial charge in [-0.1, -0.05) is 23.7 Å². The van der Waals surface area contributed by atoms with E-state index in [2.05, 4.69) is 5.32 Å². The molecule has 3 heterocycles. The summed E-state index contributed by atoms with van der Waals surface area (Å²) in [7, 11) is -1.09. The SMILES string of the molecule is O=[S@@]1CCc2nc(N3CCC(c4ccc(Cl)cc4)C(F)C3)cc(NC3(CO)CCC3)c21. The number of nitrogens with one attached hydrogen (secondary N) is 1. The second-order valence-corrected chi connectivity index (χ2v) is 10.9. The lowest BCUT2D eigenvalue weighted by molar-refractivity contribution is 0.144. The quantitative estimate of drug-likeness (QED) is 0.700. The molecule has 5 nitrogen and oxygen atoms in total. The minimum atomic E-state index is -1.09. The Morgan fingerprint density at radius 2 is 2.10 bits per heavy atom. The molecule has 1 aromatic heterocycles. The number of fused-ring (bicyclic) bond motifs is 1. The topological polar surface area (TPSA) is 65.5 Å². The van der Waals surface area contributed by atoms with Gasteiger partial charge in [-0.05, 0) is 43.4 Å². The van der Waals surface area contributed by atoms with Crippen LogP contribution in [-0.2, 0) is 17.2 Å². The first-order chi connectivity index (χ1) is 15.0. The van der Waals surface area contributed by atoms with E-state index in [9.17, 15) is 9.32 Å². The maximum atomic E-state index is 15.2. The number of rotatable bonds is 5. The average Bonchev–Trinajstić information content (AvgIpc) is 3.12. The molecule has 1 saturated heterocycles. The lowest BCUT2D eigenvalue weighted by atomic mass is 9.77. The van der Waals surface area contributed by atoms with Gasteiger partial charge in [0.15, 0.2) is 0 Å². The van der Waals surface area contributed by atoms with Crippen LogP contribution in [0.25, 0.3) is 0 Å². The molecule has 31 heavy (non-hydrogen) atoms. The lowest BCUT2D eigenvalue weighted by Gasteiger charge is -2.42. The third-order valence-electron chi connectivity index (χ3n) is 6.96. The lowest BCUT2D eigenvalue weighted by Crippen LogP contribution is -2.48. The van der Waals surface area contributed by atoms with Gasteiger partial charge < -0.3 is 15.3 Å². The Morgan fingerprint density at radius 3 is 2.74 bits per heavy atom. The van der Waals surface area contributed by atoms with Crippen LogP contribution in [0.15, 0.2) is 35.2 Å². The summed E-state index contributed by atoms with van der Waals surface area (Å²) in [6, 6.07) is 9.36. The predicted molar refractivity (Wildman–Crippen MR) is 122 cm³/mol. The second-order valence-electron chi connectivity index (χ2n) is 8.93. The average molecular weight is 464 g/mol. The highest BCUT2D eigenvalue weighted by Crippen LogP contribution is 2.41. The van der Waals surface area contributed by atoms with Crippen LogP contribution in [0.2, 0.25) is 5.02 Å². The number of halogens is 2. The normalized spacial score (nSPS) is 26.9. The summed E-state index contributed by atoms with van der Waals surface area (Å²) < 4.78 is 27.8. The second kappa shape index (κ2) is 8.34. The van der Waals surface area contributed by atoms with Crippen LogP contribution in [-0.4, -0.2) is 51.5 Å². The molecule has 166 valence electrons. The molecule has 0 radical (unpaired) electrons. The summed E-state index contributed by atoms with van der Waals surface area (Å²) in [5.74, 6) is 1.14. The standard InChI is InChI=1S/C23H27ClFN3O2S/c24-16-4-2-15(3-5-16)17-6-10-28(13-18(17)25)21-12-20(27-23(14-29)8-1-9-23)22-19(26-21)7-11-31(22)30/h2-5,12,17-18,29H,1,6-11,13-14H2,(H,26,27)/t17?,18?,31-/m1/s1. The third-order valence-corrected chi connectivity index (χ3v) is 8.70. The van der Waals surface area contributed by atoms with E-state index >= 15 is 4.39 Å². The van der Waals surface area contributed by atoms with Crippen molar-refractivity contribution >= 4 is 33.9 Å². The smallest absolute Gasteiger partial charge is 0.131 e. The molecule has 0 spiro atoms. The summed E-state index contributed by atoms with van der Waals surface area (Å²) in [4.78, 5) is 7.53. The van der Waals surface area contributed by atoms with Crippen LogP contribution < -0.4 is 10.2 Å². The minimum Gasteiger partial charge on any atom is -0.394 e. The van der Waals surface area contributed by atoms with Crippen molar-refractivity contribution in [1.82, 2.24) is 4.98 Å². The third kappa shape index (κ3) is 3.96. The number of nitrogens with zero attached hydrogens (tertiary/aromatic N) is 2. The van der Waals surface area contributed by atoms with Gasteiger partial charge in [0, 0.05) is 35.7 Å². The Hall–Kier alpha value is -1.70. The predicted octanol–water partition coefficient (Wildman–Crippen LogP) is 4.06. The van der Waals surface area contributed by atoms with E-state index in [4.69, 9.17) is 16.6 Å². The Labute approximate surface area is 189 Å². The first-order valence-electron chi connectivity index (χ1n) is 10.9. The Morgan fingerprint density at radius 1 is 1.32 bits per heavy atom.